The van der Waals surface area contributed by atoms with Gasteiger partial charge in [0.05, 0.1) is 12.2 Å². The third-order valence-electron chi connectivity index (χ3n) is 4.06. The van der Waals surface area contributed by atoms with Gasteiger partial charge >= 0.3 is 5.97 Å². The molecular formula is C20H17NO3. The molecule has 0 amide bonds. The molecule has 2 aromatic carbocycles. The Balaban J connectivity index is 2.21. The fraction of sp³-hybridized carbons (Fsp3) is 0.100. The Kier molecular flexibility index (Phi) is 4.29. The normalized spacial score (nSPS) is 10.5. The summed E-state index contributed by atoms with van der Waals surface area (Å²) in [5, 5.41) is 9.26. The molecule has 0 unspecified atom stereocenters. The van der Waals surface area contributed by atoms with Crippen LogP contribution in [0.5, 0.6) is 0 Å². The summed E-state index contributed by atoms with van der Waals surface area (Å²) in [7, 11) is 0. The second kappa shape index (κ2) is 6.54. The second-order valence-corrected chi connectivity index (χ2v) is 5.62. The summed E-state index contributed by atoms with van der Waals surface area (Å²) in [6.07, 6.45) is 0. The molecule has 120 valence electrons. The molecule has 0 bridgehead atoms. The van der Waals surface area contributed by atoms with Gasteiger partial charge in [-0.2, -0.15) is 0 Å². The van der Waals surface area contributed by atoms with Crippen LogP contribution in [0.3, 0.4) is 0 Å². The van der Waals surface area contributed by atoms with Crippen LogP contribution in [0.4, 0.5) is 0 Å². The number of pyridine rings is 1. The van der Waals surface area contributed by atoms with Crippen LogP contribution in [-0.4, -0.2) is 15.6 Å². The van der Waals surface area contributed by atoms with Crippen molar-refractivity contribution in [2.45, 2.75) is 13.5 Å². The molecule has 0 spiro atoms. The number of aromatic carboxylic acids is 1. The highest BCUT2D eigenvalue weighted by Crippen LogP contribution is 2.20. The zero-order valence-corrected chi connectivity index (χ0v) is 13.3. The highest BCUT2D eigenvalue weighted by atomic mass is 16.4. The minimum atomic E-state index is -1.21. The topological polar surface area (TPSA) is 59.3 Å². The number of benzene rings is 2. The largest absolute Gasteiger partial charge is 0.477 e. The van der Waals surface area contributed by atoms with Crippen LogP contribution in [0.1, 0.15) is 21.5 Å². The van der Waals surface area contributed by atoms with Crippen LogP contribution in [-0.2, 0) is 6.54 Å². The van der Waals surface area contributed by atoms with Crippen molar-refractivity contribution < 1.29 is 9.90 Å². The minimum Gasteiger partial charge on any atom is -0.477 e. The summed E-state index contributed by atoms with van der Waals surface area (Å²) < 4.78 is 1.53. The van der Waals surface area contributed by atoms with E-state index < -0.39 is 11.5 Å². The number of carboxylic acids is 1. The molecule has 3 rings (SSSR count). The van der Waals surface area contributed by atoms with Gasteiger partial charge in [-0.05, 0) is 35.7 Å². The Hall–Kier alpha value is -3.14. The molecule has 0 aliphatic carbocycles. The van der Waals surface area contributed by atoms with E-state index in [9.17, 15) is 14.7 Å². The van der Waals surface area contributed by atoms with E-state index in [0.717, 1.165) is 16.7 Å². The monoisotopic (exact) mass is 319 g/mol. The van der Waals surface area contributed by atoms with Crippen LogP contribution in [0.2, 0.25) is 0 Å². The smallest absolute Gasteiger partial charge is 0.341 e. The average Bonchev–Trinajstić information content (AvgIpc) is 2.59. The van der Waals surface area contributed by atoms with E-state index in [-0.39, 0.29) is 5.56 Å². The van der Waals surface area contributed by atoms with E-state index in [1.165, 1.54) is 10.6 Å². The van der Waals surface area contributed by atoms with E-state index in [2.05, 4.69) is 0 Å². The number of aryl methyl sites for hydroxylation is 1. The highest BCUT2D eigenvalue weighted by molar-refractivity contribution is 5.87. The molecule has 0 atom stereocenters. The maximum Gasteiger partial charge on any atom is 0.341 e. The second-order valence-electron chi connectivity index (χ2n) is 5.62. The van der Waals surface area contributed by atoms with Gasteiger partial charge in [-0.25, -0.2) is 4.79 Å². The van der Waals surface area contributed by atoms with Crippen LogP contribution >= 0.6 is 0 Å². The number of hydrogen-bond acceptors (Lipinski definition) is 2. The Morgan fingerprint density at radius 2 is 1.62 bits per heavy atom. The summed E-state index contributed by atoms with van der Waals surface area (Å²) in [5.41, 5.74) is 2.91. The molecule has 4 heteroatoms. The summed E-state index contributed by atoms with van der Waals surface area (Å²) in [4.78, 5) is 24.0. The van der Waals surface area contributed by atoms with Gasteiger partial charge in [0.1, 0.15) is 5.56 Å². The van der Waals surface area contributed by atoms with Gasteiger partial charge in [0.15, 0.2) is 0 Å². The third-order valence-corrected chi connectivity index (χ3v) is 4.06. The van der Waals surface area contributed by atoms with E-state index >= 15 is 0 Å². The first-order chi connectivity index (χ1) is 11.6. The molecule has 0 aliphatic rings. The van der Waals surface area contributed by atoms with Crippen LogP contribution in [0.25, 0.3) is 11.3 Å². The number of carboxylic acid groups (broad SMARTS) is 1. The van der Waals surface area contributed by atoms with Crippen molar-refractivity contribution in [3.05, 3.63) is 93.8 Å². The van der Waals surface area contributed by atoms with Gasteiger partial charge in [0.2, 0.25) is 0 Å². The number of rotatable bonds is 4. The van der Waals surface area contributed by atoms with Crippen LogP contribution in [0, 0.1) is 6.92 Å². The van der Waals surface area contributed by atoms with Crippen molar-refractivity contribution in [2.24, 2.45) is 0 Å². The van der Waals surface area contributed by atoms with Crippen molar-refractivity contribution in [2.75, 3.05) is 0 Å². The average molecular weight is 319 g/mol. The van der Waals surface area contributed by atoms with E-state index in [1.807, 2.05) is 61.5 Å². The van der Waals surface area contributed by atoms with Gasteiger partial charge in [0.25, 0.3) is 5.56 Å². The van der Waals surface area contributed by atoms with Gasteiger partial charge in [-0.15, -0.1) is 0 Å². The molecule has 0 saturated carbocycles. The third kappa shape index (κ3) is 2.99. The highest BCUT2D eigenvalue weighted by Gasteiger charge is 2.15. The first-order valence-electron chi connectivity index (χ1n) is 7.65. The lowest BCUT2D eigenvalue weighted by Crippen LogP contribution is -2.28. The van der Waals surface area contributed by atoms with Crippen molar-refractivity contribution >= 4 is 5.97 Å². The molecule has 0 fully saturated rings. The van der Waals surface area contributed by atoms with E-state index in [1.54, 1.807) is 6.07 Å². The van der Waals surface area contributed by atoms with Crippen molar-refractivity contribution in [3.8, 4) is 11.3 Å². The van der Waals surface area contributed by atoms with Gasteiger partial charge < -0.3 is 9.67 Å². The Morgan fingerprint density at radius 1 is 0.958 bits per heavy atom. The molecule has 0 saturated heterocycles. The van der Waals surface area contributed by atoms with Gasteiger partial charge in [-0.3, -0.25) is 4.79 Å². The number of hydrogen-bond donors (Lipinski definition) is 1. The van der Waals surface area contributed by atoms with E-state index in [4.69, 9.17) is 0 Å². The summed E-state index contributed by atoms with van der Waals surface area (Å²) in [6.45, 7) is 2.31. The molecule has 0 radical (unpaired) electrons. The van der Waals surface area contributed by atoms with Crippen molar-refractivity contribution in [1.29, 1.82) is 0 Å². The molecule has 24 heavy (non-hydrogen) atoms. The summed E-state index contributed by atoms with van der Waals surface area (Å²) in [6, 6.07) is 20.3. The van der Waals surface area contributed by atoms with Crippen LogP contribution in [0.15, 0.2) is 71.5 Å². The lowest BCUT2D eigenvalue weighted by Gasteiger charge is -2.15. The molecular weight excluding hydrogens is 302 g/mol. The van der Waals surface area contributed by atoms with Crippen LogP contribution < -0.4 is 5.56 Å². The molecule has 0 aliphatic heterocycles. The first-order valence-corrected chi connectivity index (χ1v) is 7.65. The quantitative estimate of drug-likeness (QED) is 0.800. The Bertz CT molecular complexity index is 943. The Morgan fingerprint density at radius 3 is 2.29 bits per heavy atom. The number of nitrogens with zero attached hydrogens (tertiary/aromatic N) is 1. The maximum atomic E-state index is 12.7. The molecule has 1 aromatic heterocycles. The molecule has 1 heterocycles. The summed E-state index contributed by atoms with van der Waals surface area (Å²) in [5.74, 6) is -1.21. The lowest BCUT2D eigenvalue weighted by atomic mass is 10.1. The number of carbonyl (C=O) groups is 1. The fourth-order valence-corrected chi connectivity index (χ4v) is 2.72. The Labute approximate surface area is 139 Å². The molecule has 1 N–H and O–H groups in total. The predicted molar refractivity (Wildman–Crippen MR) is 93.4 cm³/mol. The predicted octanol–water partition coefficient (Wildman–Crippen LogP) is 3.57. The maximum absolute atomic E-state index is 12.7. The zero-order chi connectivity index (χ0) is 17.1. The van der Waals surface area contributed by atoms with Gasteiger partial charge in [-0.1, -0.05) is 54.6 Å². The number of aromatic nitrogens is 1. The zero-order valence-electron chi connectivity index (χ0n) is 13.3. The van der Waals surface area contributed by atoms with Gasteiger partial charge in [0, 0.05) is 0 Å². The molecule has 4 nitrogen and oxygen atoms in total. The van der Waals surface area contributed by atoms with Crippen molar-refractivity contribution in [3.63, 3.8) is 0 Å². The van der Waals surface area contributed by atoms with E-state index in [0.29, 0.717) is 12.2 Å². The fourth-order valence-electron chi connectivity index (χ4n) is 2.72. The minimum absolute atomic E-state index is 0.219. The summed E-state index contributed by atoms with van der Waals surface area (Å²) >= 11 is 0. The molecule has 3 aromatic rings. The lowest BCUT2D eigenvalue weighted by molar-refractivity contribution is 0.0694. The SMILES string of the molecule is Cc1ccccc1Cn1c(-c2ccccc2)ccc(C(=O)O)c1=O. The van der Waals surface area contributed by atoms with Crippen molar-refractivity contribution in [1.82, 2.24) is 4.57 Å². The first kappa shape index (κ1) is 15.7. The standard InChI is InChI=1S/C20H17NO3/c1-14-7-5-6-10-16(14)13-21-18(15-8-3-2-4-9-15)12-11-17(19(21)22)20(23)24/h2-12H,13H2,1H3,(H,23,24).